The fourth-order valence-electron chi connectivity index (χ4n) is 1.47. The van der Waals surface area contributed by atoms with E-state index >= 15 is 0 Å². The lowest BCUT2D eigenvalue weighted by atomic mass is 9.90. The maximum atomic E-state index is 3.44. The van der Waals surface area contributed by atoms with E-state index in [9.17, 15) is 0 Å². The second-order valence-corrected chi connectivity index (χ2v) is 5.36. The molecule has 0 aliphatic carbocycles. The molecule has 2 nitrogen and oxygen atoms in total. The lowest BCUT2D eigenvalue weighted by molar-refractivity contribution is 0.203. The summed E-state index contributed by atoms with van der Waals surface area (Å²) in [4.78, 5) is 2.42. The predicted molar refractivity (Wildman–Crippen MR) is 64.7 cm³/mol. The Morgan fingerprint density at radius 2 is 1.86 bits per heavy atom. The summed E-state index contributed by atoms with van der Waals surface area (Å²) >= 11 is 0. The Balaban J connectivity index is 3.60. The normalized spacial score (nSPS) is 12.9. The SMILES string of the molecule is CCC(C)(C)CN(C)CCNC(C)C. The van der Waals surface area contributed by atoms with Crippen molar-refractivity contribution in [3.63, 3.8) is 0 Å². The van der Waals surface area contributed by atoms with Crippen molar-refractivity contribution < 1.29 is 0 Å². The second-order valence-electron chi connectivity index (χ2n) is 5.36. The van der Waals surface area contributed by atoms with Crippen molar-refractivity contribution in [2.45, 2.75) is 47.1 Å². The van der Waals surface area contributed by atoms with Gasteiger partial charge in [-0.2, -0.15) is 0 Å². The molecule has 0 bridgehead atoms. The van der Waals surface area contributed by atoms with E-state index in [4.69, 9.17) is 0 Å². The zero-order valence-electron chi connectivity index (χ0n) is 10.9. The van der Waals surface area contributed by atoms with Gasteiger partial charge in [-0.1, -0.05) is 34.6 Å². The van der Waals surface area contributed by atoms with Crippen LogP contribution in [0.1, 0.15) is 41.0 Å². The van der Waals surface area contributed by atoms with Crippen LogP contribution in [0, 0.1) is 5.41 Å². The zero-order valence-corrected chi connectivity index (χ0v) is 10.9. The minimum absolute atomic E-state index is 0.451. The Bertz CT molecular complexity index is 141. The molecule has 86 valence electrons. The third-order valence-electron chi connectivity index (χ3n) is 2.70. The van der Waals surface area contributed by atoms with Crippen LogP contribution in [0.4, 0.5) is 0 Å². The Kier molecular flexibility index (Phi) is 6.38. The van der Waals surface area contributed by atoms with Crippen molar-refractivity contribution >= 4 is 0 Å². The van der Waals surface area contributed by atoms with Gasteiger partial charge >= 0.3 is 0 Å². The van der Waals surface area contributed by atoms with Gasteiger partial charge in [-0.3, -0.25) is 0 Å². The van der Waals surface area contributed by atoms with Gasteiger partial charge in [0.05, 0.1) is 0 Å². The molecule has 0 spiro atoms. The summed E-state index contributed by atoms with van der Waals surface area (Å²) in [5, 5.41) is 3.44. The average Bonchev–Trinajstić information content (AvgIpc) is 2.02. The molecule has 2 heteroatoms. The van der Waals surface area contributed by atoms with Crippen molar-refractivity contribution in [1.29, 1.82) is 0 Å². The van der Waals surface area contributed by atoms with E-state index in [1.54, 1.807) is 0 Å². The number of hydrogen-bond donors (Lipinski definition) is 1. The van der Waals surface area contributed by atoms with Crippen LogP contribution in [-0.4, -0.2) is 37.6 Å². The molecule has 0 fully saturated rings. The summed E-state index contributed by atoms with van der Waals surface area (Å²) < 4.78 is 0. The molecule has 0 saturated heterocycles. The van der Waals surface area contributed by atoms with E-state index in [0.29, 0.717) is 11.5 Å². The van der Waals surface area contributed by atoms with Crippen molar-refractivity contribution in [2.75, 3.05) is 26.7 Å². The summed E-state index contributed by atoms with van der Waals surface area (Å²) in [6.07, 6.45) is 1.24. The topological polar surface area (TPSA) is 15.3 Å². The van der Waals surface area contributed by atoms with Gasteiger partial charge in [0.2, 0.25) is 0 Å². The van der Waals surface area contributed by atoms with Gasteiger partial charge in [0.15, 0.2) is 0 Å². The first-order chi connectivity index (χ1) is 6.37. The van der Waals surface area contributed by atoms with Gasteiger partial charge in [-0.15, -0.1) is 0 Å². The molecular weight excluding hydrogens is 172 g/mol. The average molecular weight is 200 g/mol. The monoisotopic (exact) mass is 200 g/mol. The molecule has 0 rings (SSSR count). The molecule has 0 atom stereocenters. The second kappa shape index (κ2) is 6.41. The standard InChI is InChI=1S/C12H28N2/c1-7-12(4,5)10-14(6)9-8-13-11(2)3/h11,13H,7-10H2,1-6H3. The van der Waals surface area contributed by atoms with E-state index in [0.717, 1.165) is 13.1 Å². The van der Waals surface area contributed by atoms with Gasteiger partial charge < -0.3 is 10.2 Å². The van der Waals surface area contributed by atoms with Crippen LogP contribution in [0.2, 0.25) is 0 Å². The van der Waals surface area contributed by atoms with E-state index < -0.39 is 0 Å². The maximum absolute atomic E-state index is 3.44. The highest BCUT2D eigenvalue weighted by Gasteiger charge is 2.16. The van der Waals surface area contributed by atoms with Crippen LogP contribution in [0.25, 0.3) is 0 Å². The highest BCUT2D eigenvalue weighted by molar-refractivity contribution is 4.71. The molecule has 0 unspecified atom stereocenters. The molecule has 0 aromatic rings. The molecule has 0 heterocycles. The minimum Gasteiger partial charge on any atom is -0.313 e. The Morgan fingerprint density at radius 1 is 1.29 bits per heavy atom. The summed E-state index contributed by atoms with van der Waals surface area (Å²) in [5.74, 6) is 0. The molecule has 0 aliphatic heterocycles. The van der Waals surface area contributed by atoms with Gasteiger partial charge in [0.25, 0.3) is 0 Å². The number of likely N-dealkylation sites (N-methyl/N-ethyl adjacent to an activating group) is 1. The lowest BCUT2D eigenvalue weighted by Gasteiger charge is -2.29. The minimum atomic E-state index is 0.451. The fourth-order valence-corrected chi connectivity index (χ4v) is 1.47. The number of nitrogens with zero attached hydrogens (tertiary/aromatic N) is 1. The first kappa shape index (κ1) is 13.9. The van der Waals surface area contributed by atoms with Gasteiger partial charge in [0, 0.05) is 25.7 Å². The highest BCUT2D eigenvalue weighted by atomic mass is 15.1. The van der Waals surface area contributed by atoms with Gasteiger partial charge in [-0.05, 0) is 18.9 Å². The quantitative estimate of drug-likeness (QED) is 0.678. The Morgan fingerprint density at radius 3 is 2.29 bits per heavy atom. The molecule has 0 radical (unpaired) electrons. The molecule has 0 amide bonds. The van der Waals surface area contributed by atoms with Gasteiger partial charge in [-0.25, -0.2) is 0 Å². The van der Waals surface area contributed by atoms with Crippen LogP contribution in [-0.2, 0) is 0 Å². The molecular formula is C12H28N2. The highest BCUT2D eigenvalue weighted by Crippen LogP contribution is 2.19. The molecule has 0 saturated carbocycles. The molecule has 0 aliphatic rings. The molecule has 0 aromatic carbocycles. The van der Waals surface area contributed by atoms with E-state index in [1.165, 1.54) is 13.0 Å². The van der Waals surface area contributed by atoms with Crippen molar-refractivity contribution in [3.8, 4) is 0 Å². The molecule has 0 aromatic heterocycles. The van der Waals surface area contributed by atoms with Crippen LogP contribution < -0.4 is 5.32 Å². The first-order valence-corrected chi connectivity index (χ1v) is 5.79. The van der Waals surface area contributed by atoms with Crippen molar-refractivity contribution in [3.05, 3.63) is 0 Å². The fraction of sp³-hybridized carbons (Fsp3) is 1.00. The maximum Gasteiger partial charge on any atom is 0.0104 e. The van der Waals surface area contributed by atoms with E-state index in [2.05, 4.69) is 51.9 Å². The van der Waals surface area contributed by atoms with Crippen LogP contribution in [0.5, 0.6) is 0 Å². The predicted octanol–water partition coefficient (Wildman–Crippen LogP) is 2.35. The van der Waals surface area contributed by atoms with Gasteiger partial charge in [0.1, 0.15) is 0 Å². The van der Waals surface area contributed by atoms with E-state index in [-0.39, 0.29) is 0 Å². The van der Waals surface area contributed by atoms with Crippen molar-refractivity contribution in [2.24, 2.45) is 5.41 Å². The molecule has 1 N–H and O–H groups in total. The Hall–Kier alpha value is -0.0800. The number of rotatable bonds is 7. The lowest BCUT2D eigenvalue weighted by Crippen LogP contribution is -2.37. The van der Waals surface area contributed by atoms with Crippen molar-refractivity contribution in [1.82, 2.24) is 10.2 Å². The zero-order chi connectivity index (χ0) is 11.2. The van der Waals surface area contributed by atoms with Crippen LogP contribution in [0.15, 0.2) is 0 Å². The number of nitrogens with one attached hydrogen (secondary N) is 1. The smallest absolute Gasteiger partial charge is 0.0104 e. The van der Waals surface area contributed by atoms with Crippen LogP contribution >= 0.6 is 0 Å². The molecule has 14 heavy (non-hydrogen) atoms. The third-order valence-corrected chi connectivity index (χ3v) is 2.70. The van der Waals surface area contributed by atoms with Crippen LogP contribution in [0.3, 0.4) is 0 Å². The summed E-state index contributed by atoms with van der Waals surface area (Å²) in [6.45, 7) is 14.7. The Labute approximate surface area is 90.1 Å². The summed E-state index contributed by atoms with van der Waals surface area (Å²) in [5.41, 5.74) is 0.451. The third kappa shape index (κ3) is 7.34. The largest absolute Gasteiger partial charge is 0.313 e. The summed E-state index contributed by atoms with van der Waals surface area (Å²) in [6, 6.07) is 0.600. The first-order valence-electron chi connectivity index (χ1n) is 5.79. The van der Waals surface area contributed by atoms with E-state index in [1.807, 2.05) is 0 Å². The number of hydrogen-bond acceptors (Lipinski definition) is 2. The summed E-state index contributed by atoms with van der Waals surface area (Å²) in [7, 11) is 2.21.